The molecule has 2 saturated carbocycles. The van der Waals surface area contributed by atoms with Gasteiger partial charge < -0.3 is 29.6 Å². The van der Waals surface area contributed by atoms with Gasteiger partial charge in [-0.1, -0.05) is 25.0 Å². The molecule has 2 aromatic rings. The molecule has 3 fully saturated rings. The van der Waals surface area contributed by atoms with Crippen LogP contribution in [0.5, 0.6) is 5.75 Å². The number of alkyl carbamates (subject to hydrolysis) is 1. The number of sulfonamides is 1. The number of allylic oxidation sites excluding steroid dienone is 1. The monoisotopic (exact) mass is 726 g/mol. The molecule has 1 aromatic carbocycles. The van der Waals surface area contributed by atoms with Crippen molar-refractivity contribution in [3.63, 3.8) is 0 Å². The fraction of sp³-hybridized carbons (Fsp3) is 0.639. The van der Waals surface area contributed by atoms with Crippen LogP contribution in [0.25, 0.3) is 11.0 Å². The summed E-state index contributed by atoms with van der Waals surface area (Å²) >= 11 is 0. The number of amides is 4. The minimum absolute atomic E-state index is 0.0454. The zero-order chi connectivity index (χ0) is 36.8. The predicted molar refractivity (Wildman–Crippen MR) is 189 cm³/mol. The minimum Gasteiger partial charge on any atom is -0.488 e. The highest BCUT2D eigenvalue weighted by molar-refractivity contribution is 7.91. The van der Waals surface area contributed by atoms with Gasteiger partial charge in [0.1, 0.15) is 35.1 Å². The number of aromatic nitrogens is 2. The van der Waals surface area contributed by atoms with E-state index in [4.69, 9.17) is 9.47 Å². The average Bonchev–Trinajstić information content (AvgIpc) is 3.86. The number of carbonyl (C=O) groups is 4. The number of nitrogens with one attached hydrogen (secondary N) is 3. The van der Waals surface area contributed by atoms with Gasteiger partial charge in [-0.25, -0.2) is 18.2 Å². The SMILES string of the molecule is CCn1cnc2ccc(O[C@@H]3C[C@H]4C(=O)N[C@]5(C(=O)NS(=O)(=O)C6(C)CC6)C[C@H]5/C=C\CCCCC[C@H](NC(=O)OC(C)(C)C)C(=O)N4C3)cc21. The van der Waals surface area contributed by atoms with E-state index in [1.807, 2.05) is 35.8 Å². The van der Waals surface area contributed by atoms with E-state index in [-0.39, 0.29) is 19.4 Å². The summed E-state index contributed by atoms with van der Waals surface area (Å²) in [4.78, 5) is 61.2. The van der Waals surface area contributed by atoms with Gasteiger partial charge in [0.15, 0.2) is 0 Å². The van der Waals surface area contributed by atoms with Crippen LogP contribution in [0.15, 0.2) is 36.7 Å². The number of hydrogen-bond donors (Lipinski definition) is 3. The van der Waals surface area contributed by atoms with Gasteiger partial charge in [0.2, 0.25) is 21.8 Å². The van der Waals surface area contributed by atoms with Crippen molar-refractivity contribution in [3.05, 3.63) is 36.7 Å². The quantitative estimate of drug-likeness (QED) is 0.359. The Labute approximate surface area is 299 Å². The maximum absolute atomic E-state index is 14.4. The Morgan fingerprint density at radius 3 is 2.61 bits per heavy atom. The van der Waals surface area contributed by atoms with E-state index in [1.165, 1.54) is 4.90 Å². The topological polar surface area (TPSA) is 178 Å². The van der Waals surface area contributed by atoms with Gasteiger partial charge >= 0.3 is 6.09 Å². The standard InChI is InChI=1S/C36H50N6O8S/c1-6-41-22-37-26-15-14-24(18-28(26)41)49-25-19-29-30(43)39-36(32(45)40-51(47,48)35(5)16-17-35)20-23(36)12-10-8-7-9-11-13-27(31(44)42(29)21-25)38-33(46)50-34(2,3)4/h10,12,14-15,18,22-23,25,27,29H,6-9,11,13,16-17,19-21H2,1-5H3,(H,38,46)(H,39,43)(H,40,45)/b12-10-/t23-,25-,27+,29+,36-/m1/s1. The highest BCUT2D eigenvalue weighted by Gasteiger charge is 2.63. The number of carbonyl (C=O) groups excluding carboxylic acids is 4. The first-order valence-electron chi connectivity index (χ1n) is 18.0. The van der Waals surface area contributed by atoms with E-state index in [1.54, 1.807) is 40.1 Å². The Bertz CT molecular complexity index is 1830. The first-order chi connectivity index (χ1) is 24.0. The number of imidazole rings is 1. The lowest BCUT2D eigenvalue weighted by atomic mass is 10.0. The van der Waals surface area contributed by atoms with Gasteiger partial charge in [-0.2, -0.15) is 0 Å². The number of benzene rings is 1. The molecule has 2 aliphatic carbocycles. The van der Waals surface area contributed by atoms with E-state index in [2.05, 4.69) is 20.3 Å². The summed E-state index contributed by atoms with van der Waals surface area (Å²) in [6.07, 6.45) is 8.74. The van der Waals surface area contributed by atoms with Crippen LogP contribution in [-0.4, -0.2) is 87.3 Å². The molecule has 1 aromatic heterocycles. The summed E-state index contributed by atoms with van der Waals surface area (Å²) in [7, 11) is -3.97. The molecule has 3 N–H and O–H groups in total. The van der Waals surface area contributed by atoms with Crippen LogP contribution >= 0.6 is 0 Å². The fourth-order valence-electron chi connectivity index (χ4n) is 6.95. The third kappa shape index (κ3) is 7.87. The highest BCUT2D eigenvalue weighted by Crippen LogP contribution is 2.47. The van der Waals surface area contributed by atoms with Crippen molar-refractivity contribution in [3.8, 4) is 5.75 Å². The van der Waals surface area contributed by atoms with Crippen LogP contribution in [0, 0.1) is 5.92 Å². The average molecular weight is 727 g/mol. The molecule has 1 saturated heterocycles. The minimum atomic E-state index is -3.97. The predicted octanol–water partition coefficient (Wildman–Crippen LogP) is 3.69. The van der Waals surface area contributed by atoms with Crippen LogP contribution in [0.2, 0.25) is 0 Å². The molecular weight excluding hydrogens is 676 g/mol. The van der Waals surface area contributed by atoms with Gasteiger partial charge in [-0.05, 0) is 85.3 Å². The second kappa shape index (κ2) is 13.8. The highest BCUT2D eigenvalue weighted by atomic mass is 32.2. The summed E-state index contributed by atoms with van der Waals surface area (Å²) in [5.74, 6) is -1.71. The molecule has 3 heterocycles. The second-order valence-corrected chi connectivity index (χ2v) is 17.8. The van der Waals surface area contributed by atoms with Crippen molar-refractivity contribution in [1.29, 1.82) is 0 Å². The Hall–Kier alpha value is -4.14. The van der Waals surface area contributed by atoms with Gasteiger partial charge in [0.05, 0.1) is 28.7 Å². The van der Waals surface area contributed by atoms with Crippen molar-refractivity contribution in [1.82, 2.24) is 29.8 Å². The molecule has 51 heavy (non-hydrogen) atoms. The largest absolute Gasteiger partial charge is 0.488 e. The maximum Gasteiger partial charge on any atom is 0.408 e. The molecule has 4 amide bonds. The second-order valence-electron chi connectivity index (χ2n) is 15.6. The Kier molecular flexibility index (Phi) is 9.90. The summed E-state index contributed by atoms with van der Waals surface area (Å²) in [5.41, 5.74) is -0.586. The summed E-state index contributed by atoms with van der Waals surface area (Å²) in [6, 6.07) is 3.48. The zero-order valence-electron chi connectivity index (χ0n) is 30.1. The van der Waals surface area contributed by atoms with Crippen LogP contribution in [0.4, 0.5) is 4.79 Å². The molecule has 6 rings (SSSR count). The molecule has 0 bridgehead atoms. The molecule has 14 nitrogen and oxygen atoms in total. The van der Waals surface area contributed by atoms with E-state index >= 15 is 0 Å². The van der Waals surface area contributed by atoms with E-state index < -0.39 is 73.8 Å². The molecule has 278 valence electrons. The third-order valence-corrected chi connectivity index (χ3v) is 12.6. The van der Waals surface area contributed by atoms with Crippen molar-refractivity contribution >= 4 is 44.9 Å². The molecule has 15 heteroatoms. The molecule has 2 aliphatic heterocycles. The fourth-order valence-corrected chi connectivity index (χ4v) is 8.26. The molecule has 0 unspecified atom stereocenters. The number of hydrogen-bond acceptors (Lipinski definition) is 9. The van der Waals surface area contributed by atoms with Crippen molar-refractivity contribution in [2.24, 2.45) is 5.92 Å². The van der Waals surface area contributed by atoms with Crippen LogP contribution in [0.1, 0.15) is 92.4 Å². The van der Waals surface area contributed by atoms with Crippen molar-refractivity contribution in [2.45, 2.75) is 133 Å². The molecule has 0 spiro atoms. The lowest BCUT2D eigenvalue weighted by molar-refractivity contribution is -0.141. The van der Waals surface area contributed by atoms with Crippen LogP contribution in [-0.2, 0) is 35.7 Å². The van der Waals surface area contributed by atoms with E-state index in [0.717, 1.165) is 23.9 Å². The smallest absolute Gasteiger partial charge is 0.408 e. The maximum atomic E-state index is 14.4. The number of fused-ring (bicyclic) bond motifs is 3. The van der Waals surface area contributed by atoms with Gasteiger partial charge in [-0.3, -0.25) is 19.1 Å². The van der Waals surface area contributed by atoms with Crippen LogP contribution in [0.3, 0.4) is 0 Å². The summed E-state index contributed by atoms with van der Waals surface area (Å²) in [6.45, 7) is 9.57. The van der Waals surface area contributed by atoms with Gasteiger partial charge in [0.25, 0.3) is 5.91 Å². The Morgan fingerprint density at radius 1 is 1.14 bits per heavy atom. The van der Waals surface area contributed by atoms with E-state index in [9.17, 15) is 27.6 Å². The Balaban J connectivity index is 1.29. The third-order valence-electron chi connectivity index (χ3n) is 10.4. The number of aryl methyl sites for hydroxylation is 1. The number of rotatable bonds is 7. The summed E-state index contributed by atoms with van der Waals surface area (Å²) < 4.78 is 41.3. The Morgan fingerprint density at radius 2 is 1.90 bits per heavy atom. The van der Waals surface area contributed by atoms with Crippen molar-refractivity contribution < 1.29 is 37.1 Å². The van der Waals surface area contributed by atoms with Gasteiger partial charge in [0, 0.05) is 24.9 Å². The summed E-state index contributed by atoms with van der Waals surface area (Å²) in [5, 5.41) is 5.64. The van der Waals surface area contributed by atoms with Crippen LogP contribution < -0.4 is 20.1 Å². The van der Waals surface area contributed by atoms with Crippen molar-refractivity contribution in [2.75, 3.05) is 6.54 Å². The first-order valence-corrected chi connectivity index (χ1v) is 19.5. The van der Waals surface area contributed by atoms with Gasteiger partial charge in [-0.15, -0.1) is 0 Å². The number of nitrogens with zero attached hydrogens (tertiary/aromatic N) is 3. The first kappa shape index (κ1) is 36.6. The lowest BCUT2D eigenvalue weighted by Gasteiger charge is -2.30. The normalized spacial score (nSPS) is 28.7. The molecular formula is C36H50N6O8S. The van der Waals surface area contributed by atoms with E-state index in [0.29, 0.717) is 44.4 Å². The molecule has 5 atom stereocenters. The molecule has 4 aliphatic rings. The zero-order valence-corrected chi connectivity index (χ0v) is 30.9. The molecule has 0 radical (unpaired) electrons. The lowest BCUT2D eigenvalue weighted by Crippen LogP contribution is -2.58. The number of ether oxygens (including phenoxy) is 2.